The molecule has 0 bridgehead atoms. The van der Waals surface area contributed by atoms with Gasteiger partial charge in [-0.3, -0.25) is 0 Å². The van der Waals surface area contributed by atoms with Crippen molar-refractivity contribution >= 4 is 11.8 Å². The molecular weight excluding hydrogens is 279 g/mol. The summed E-state index contributed by atoms with van der Waals surface area (Å²) in [4.78, 5) is 1.29. The minimum Gasteiger partial charge on any atom is -0.207 e. The van der Waals surface area contributed by atoms with Gasteiger partial charge >= 0.3 is 0 Å². The molecule has 0 aromatic heterocycles. The Balaban J connectivity index is 0.000000774. The molecule has 112 valence electrons. The summed E-state index contributed by atoms with van der Waals surface area (Å²) in [6.45, 7) is 8.35. The van der Waals surface area contributed by atoms with Gasteiger partial charge in [-0.25, -0.2) is 4.39 Å². The van der Waals surface area contributed by atoms with Gasteiger partial charge in [0.25, 0.3) is 0 Å². The predicted octanol–water partition coefficient (Wildman–Crippen LogP) is 6.25. The van der Waals surface area contributed by atoms with Gasteiger partial charge in [0.15, 0.2) is 0 Å². The van der Waals surface area contributed by atoms with Crippen molar-refractivity contribution in [1.82, 2.24) is 0 Å². The van der Waals surface area contributed by atoms with Gasteiger partial charge in [0.2, 0.25) is 0 Å². The zero-order valence-electron chi connectivity index (χ0n) is 13.2. The summed E-state index contributed by atoms with van der Waals surface area (Å²) in [5, 5.41) is 0. The van der Waals surface area contributed by atoms with Crippen molar-refractivity contribution < 1.29 is 4.39 Å². The average Bonchev–Trinajstić information content (AvgIpc) is 2.67. The monoisotopic (exact) mass is 302 g/mol. The highest BCUT2D eigenvalue weighted by molar-refractivity contribution is 7.98. The number of hydrogen-bond acceptors (Lipinski definition) is 1. The Morgan fingerprint density at radius 2 is 1.76 bits per heavy atom. The van der Waals surface area contributed by atoms with Gasteiger partial charge in [-0.15, -0.1) is 11.8 Å². The number of thioether (sulfide) groups is 1. The summed E-state index contributed by atoms with van der Waals surface area (Å²) in [7, 11) is 0. The second kappa shape index (κ2) is 7.13. The van der Waals surface area contributed by atoms with Crippen LogP contribution in [0.2, 0.25) is 0 Å². The molecule has 1 aliphatic rings. The summed E-state index contributed by atoms with van der Waals surface area (Å²) < 4.78 is 14.3. The van der Waals surface area contributed by atoms with Crippen molar-refractivity contribution in [1.29, 1.82) is 0 Å². The highest BCUT2D eigenvalue weighted by Crippen LogP contribution is 2.44. The van der Waals surface area contributed by atoms with Gasteiger partial charge in [-0.1, -0.05) is 58.0 Å². The standard InChI is InChI=1S/C17H17FS.C2H6/c1-11(2)16-13-7-3-4-9-15(13)19-10-12-6-5-8-14(18)17(12)16;1-2/h3-9,11,16H,10H2,1-2H3;1-2H3. The SMILES string of the molecule is CC.CC(C)C1c2ccccc2SCc2cccc(F)c21. The van der Waals surface area contributed by atoms with Crippen molar-refractivity contribution in [3.63, 3.8) is 0 Å². The topological polar surface area (TPSA) is 0 Å². The van der Waals surface area contributed by atoms with Crippen LogP contribution >= 0.6 is 11.8 Å². The van der Waals surface area contributed by atoms with Gasteiger partial charge in [-0.2, -0.15) is 0 Å². The van der Waals surface area contributed by atoms with E-state index in [-0.39, 0.29) is 11.7 Å². The molecule has 1 aliphatic heterocycles. The summed E-state index contributed by atoms with van der Waals surface area (Å²) in [5.74, 6) is 1.33. The van der Waals surface area contributed by atoms with Crippen LogP contribution in [0, 0.1) is 11.7 Å². The highest BCUT2D eigenvalue weighted by atomic mass is 32.2. The van der Waals surface area contributed by atoms with Gasteiger partial charge in [0, 0.05) is 16.6 Å². The molecule has 1 atom stereocenters. The van der Waals surface area contributed by atoms with Crippen LogP contribution in [-0.2, 0) is 5.75 Å². The first-order valence-corrected chi connectivity index (χ1v) is 8.66. The van der Waals surface area contributed by atoms with E-state index in [4.69, 9.17) is 0 Å². The molecule has 1 unspecified atom stereocenters. The molecule has 0 radical (unpaired) electrons. The third-order valence-corrected chi connectivity index (χ3v) is 4.90. The zero-order chi connectivity index (χ0) is 15.4. The normalized spacial score (nSPS) is 16.4. The van der Waals surface area contributed by atoms with E-state index in [0.29, 0.717) is 5.92 Å². The van der Waals surface area contributed by atoms with Crippen LogP contribution in [0.4, 0.5) is 4.39 Å². The van der Waals surface area contributed by atoms with Gasteiger partial charge in [0.05, 0.1) is 0 Å². The van der Waals surface area contributed by atoms with Crippen LogP contribution in [-0.4, -0.2) is 0 Å². The summed E-state index contributed by atoms with van der Waals surface area (Å²) >= 11 is 1.82. The van der Waals surface area contributed by atoms with E-state index in [1.54, 1.807) is 6.07 Å². The molecule has 1 heterocycles. The van der Waals surface area contributed by atoms with E-state index < -0.39 is 0 Å². The van der Waals surface area contributed by atoms with E-state index in [0.717, 1.165) is 16.9 Å². The fraction of sp³-hybridized carbons (Fsp3) is 0.368. The van der Waals surface area contributed by atoms with Crippen molar-refractivity contribution in [2.75, 3.05) is 0 Å². The molecule has 0 amide bonds. The highest BCUT2D eigenvalue weighted by Gasteiger charge is 2.28. The molecule has 0 spiro atoms. The third kappa shape index (κ3) is 3.16. The van der Waals surface area contributed by atoms with E-state index in [1.165, 1.54) is 10.5 Å². The predicted molar refractivity (Wildman–Crippen MR) is 90.4 cm³/mol. The molecule has 0 aliphatic carbocycles. The number of hydrogen-bond donors (Lipinski definition) is 0. The molecule has 0 saturated heterocycles. The van der Waals surface area contributed by atoms with Crippen LogP contribution in [0.15, 0.2) is 47.4 Å². The second-order valence-electron chi connectivity index (χ2n) is 5.36. The maximum absolute atomic E-state index is 14.3. The van der Waals surface area contributed by atoms with Crippen LogP contribution in [0.5, 0.6) is 0 Å². The summed E-state index contributed by atoms with van der Waals surface area (Å²) in [5.41, 5.74) is 3.31. The Morgan fingerprint density at radius 3 is 2.48 bits per heavy atom. The second-order valence-corrected chi connectivity index (χ2v) is 6.38. The molecule has 3 rings (SSSR count). The first-order chi connectivity index (χ1) is 10.2. The Kier molecular flexibility index (Phi) is 5.46. The smallest absolute Gasteiger partial charge is 0.127 e. The molecule has 0 fully saturated rings. The van der Waals surface area contributed by atoms with Crippen molar-refractivity contribution in [3.8, 4) is 0 Å². The van der Waals surface area contributed by atoms with E-state index in [2.05, 4.69) is 44.2 Å². The van der Waals surface area contributed by atoms with Gasteiger partial charge < -0.3 is 0 Å². The van der Waals surface area contributed by atoms with Crippen molar-refractivity contribution in [3.05, 3.63) is 65.0 Å². The van der Waals surface area contributed by atoms with Gasteiger partial charge in [-0.05, 0) is 34.7 Å². The van der Waals surface area contributed by atoms with Crippen molar-refractivity contribution in [2.45, 2.75) is 44.3 Å². The average molecular weight is 302 g/mol. The first kappa shape index (κ1) is 16.1. The van der Waals surface area contributed by atoms with E-state index in [1.807, 2.05) is 31.7 Å². The largest absolute Gasteiger partial charge is 0.207 e. The fourth-order valence-electron chi connectivity index (χ4n) is 2.93. The Labute approximate surface area is 131 Å². The molecule has 2 aromatic rings. The molecule has 2 heteroatoms. The molecule has 21 heavy (non-hydrogen) atoms. The lowest BCUT2D eigenvalue weighted by atomic mass is 9.80. The molecular formula is C19H23FS. The van der Waals surface area contributed by atoms with E-state index in [9.17, 15) is 4.39 Å². The minimum absolute atomic E-state index is 0.0616. The zero-order valence-corrected chi connectivity index (χ0v) is 14.0. The Hall–Kier alpha value is -1.28. The summed E-state index contributed by atoms with van der Waals surface area (Å²) in [6, 6.07) is 13.9. The van der Waals surface area contributed by atoms with Crippen LogP contribution in [0.1, 0.15) is 50.3 Å². The molecule has 0 nitrogen and oxygen atoms in total. The Morgan fingerprint density at radius 1 is 1.05 bits per heavy atom. The fourth-order valence-corrected chi connectivity index (χ4v) is 4.03. The maximum atomic E-state index is 14.3. The van der Waals surface area contributed by atoms with Gasteiger partial charge in [0.1, 0.15) is 5.82 Å². The molecule has 0 saturated carbocycles. The number of fused-ring (bicyclic) bond motifs is 2. The van der Waals surface area contributed by atoms with Crippen LogP contribution < -0.4 is 0 Å². The third-order valence-electron chi connectivity index (χ3n) is 3.76. The lowest BCUT2D eigenvalue weighted by Crippen LogP contribution is -2.12. The lowest BCUT2D eigenvalue weighted by molar-refractivity contribution is 0.517. The Bertz CT molecular complexity index is 604. The van der Waals surface area contributed by atoms with E-state index >= 15 is 0 Å². The lowest BCUT2D eigenvalue weighted by Gasteiger charge is -2.24. The number of benzene rings is 2. The molecule has 2 aromatic carbocycles. The molecule has 0 N–H and O–H groups in total. The van der Waals surface area contributed by atoms with Crippen molar-refractivity contribution in [2.24, 2.45) is 5.92 Å². The quantitative estimate of drug-likeness (QED) is 0.600. The number of halogens is 1. The van der Waals surface area contributed by atoms with Crippen LogP contribution in [0.3, 0.4) is 0 Å². The maximum Gasteiger partial charge on any atom is 0.127 e. The van der Waals surface area contributed by atoms with Crippen LogP contribution in [0.25, 0.3) is 0 Å². The minimum atomic E-state index is -0.0616. The summed E-state index contributed by atoms with van der Waals surface area (Å²) in [6.07, 6.45) is 0. The first-order valence-electron chi connectivity index (χ1n) is 7.67. The number of rotatable bonds is 1.